The van der Waals surface area contributed by atoms with E-state index in [1.807, 2.05) is 34.9 Å². The molecule has 2 aliphatic rings. The van der Waals surface area contributed by atoms with Crippen LogP contribution in [0.5, 0.6) is 23.0 Å². The van der Waals surface area contributed by atoms with Crippen LogP contribution in [0.1, 0.15) is 53.0 Å². The number of esters is 1. The van der Waals surface area contributed by atoms with Gasteiger partial charge in [-0.15, -0.1) is 0 Å². The Morgan fingerprint density at radius 2 is 1.77 bits per heavy atom. The van der Waals surface area contributed by atoms with Gasteiger partial charge in [0, 0.05) is 55.4 Å². The van der Waals surface area contributed by atoms with Crippen LogP contribution in [0.2, 0.25) is 0 Å². The van der Waals surface area contributed by atoms with Crippen molar-refractivity contribution in [2.75, 3.05) is 41.0 Å². The van der Waals surface area contributed by atoms with Crippen LogP contribution >= 0.6 is 0 Å². The van der Waals surface area contributed by atoms with Crippen LogP contribution in [0.15, 0.2) is 80.7 Å². The highest BCUT2D eigenvalue weighted by Crippen LogP contribution is 2.43. The first-order valence-corrected chi connectivity index (χ1v) is 16.0. The smallest absolute Gasteiger partial charge is 0.306 e. The molecule has 0 saturated carbocycles. The van der Waals surface area contributed by atoms with Gasteiger partial charge in [-0.05, 0) is 42.2 Å². The molecular formula is C37H40N2O9. The number of rotatable bonds is 12. The van der Waals surface area contributed by atoms with Crippen LogP contribution in [0.3, 0.4) is 0 Å². The minimum atomic E-state index is -0.921. The Bertz CT molecular complexity index is 1880. The third-order valence-corrected chi connectivity index (χ3v) is 9.25. The highest BCUT2D eigenvalue weighted by Gasteiger charge is 2.35. The van der Waals surface area contributed by atoms with Crippen molar-refractivity contribution in [2.24, 2.45) is 5.92 Å². The van der Waals surface area contributed by atoms with Gasteiger partial charge in [0.05, 0.1) is 46.8 Å². The van der Waals surface area contributed by atoms with Crippen LogP contribution < -0.4 is 25.2 Å². The molecular weight excluding hydrogens is 616 g/mol. The van der Waals surface area contributed by atoms with Gasteiger partial charge in [-0.2, -0.15) is 0 Å². The molecule has 2 aromatic carbocycles. The first kappa shape index (κ1) is 32.9. The molecule has 2 aliphatic heterocycles. The number of benzene rings is 2. The van der Waals surface area contributed by atoms with E-state index in [4.69, 9.17) is 23.4 Å². The molecule has 3 atom stereocenters. The number of carbonyl (C=O) groups excluding carboxylic acids is 1. The normalized spacial score (nSPS) is 17.6. The molecule has 0 amide bonds. The molecule has 1 saturated heterocycles. The van der Waals surface area contributed by atoms with Gasteiger partial charge in [0.1, 0.15) is 11.5 Å². The number of aromatic nitrogens is 1. The van der Waals surface area contributed by atoms with Crippen LogP contribution in [-0.2, 0) is 29.0 Å². The molecule has 252 valence electrons. The number of hydrogen-bond acceptors (Lipinski definition) is 10. The Morgan fingerprint density at radius 3 is 2.52 bits per heavy atom. The average Bonchev–Trinajstić information content (AvgIpc) is 3.09. The number of nitrogens with zero attached hydrogens (tertiary/aromatic N) is 2. The monoisotopic (exact) mass is 656 g/mol. The third-order valence-electron chi connectivity index (χ3n) is 9.25. The number of ether oxygens (including phenoxy) is 4. The van der Waals surface area contributed by atoms with Gasteiger partial charge in [-0.1, -0.05) is 30.3 Å². The summed E-state index contributed by atoms with van der Waals surface area (Å²) < 4.78 is 30.4. The molecule has 1 N–H and O–H groups in total. The lowest BCUT2D eigenvalue weighted by Gasteiger charge is -2.42. The fourth-order valence-corrected chi connectivity index (χ4v) is 6.99. The third kappa shape index (κ3) is 6.96. The maximum atomic E-state index is 13.2. The molecule has 0 spiro atoms. The first-order valence-electron chi connectivity index (χ1n) is 16.0. The predicted octanol–water partition coefficient (Wildman–Crippen LogP) is 4.46. The molecule has 11 heteroatoms. The van der Waals surface area contributed by atoms with Gasteiger partial charge in [0.2, 0.25) is 11.2 Å². The molecule has 1 fully saturated rings. The second-order valence-corrected chi connectivity index (χ2v) is 12.3. The zero-order valence-electron chi connectivity index (χ0n) is 27.3. The summed E-state index contributed by atoms with van der Waals surface area (Å²) in [5.74, 6) is 0.255. The van der Waals surface area contributed by atoms with Gasteiger partial charge in [-0.25, -0.2) is 0 Å². The Morgan fingerprint density at radius 1 is 0.979 bits per heavy atom. The minimum Gasteiger partial charge on any atom is -0.502 e. The van der Waals surface area contributed by atoms with Gasteiger partial charge in [-0.3, -0.25) is 19.3 Å². The van der Waals surface area contributed by atoms with E-state index in [2.05, 4.69) is 4.90 Å². The minimum absolute atomic E-state index is 0.0168. The van der Waals surface area contributed by atoms with Crippen LogP contribution in [0.25, 0.3) is 0 Å². The molecule has 0 radical (unpaired) electrons. The Balaban J connectivity index is 1.30. The summed E-state index contributed by atoms with van der Waals surface area (Å²) in [4.78, 5) is 40.7. The number of hydrogen-bond donors (Lipinski definition) is 1. The molecule has 0 aliphatic carbocycles. The standard InChI is InChI=1S/C37H40N2O9/c1-44-26-12-10-23(11-13-26)14-15-47-36-28(6-4-8-32(36)45-2)29(18-34(42)46-3)37-35(43)31(40)17-27(48-37)22-38-19-24-16-25(21-38)30-7-5-9-33(41)39(30)20-24/h4-13,17,24-25,29,43H,14-16,18-22H2,1-3H3/t24-,25+,29-/m0/s1. The van der Waals surface area contributed by atoms with Crippen molar-refractivity contribution in [3.63, 3.8) is 0 Å². The zero-order chi connectivity index (χ0) is 33.8. The molecule has 6 rings (SSSR count). The second kappa shape index (κ2) is 14.4. The second-order valence-electron chi connectivity index (χ2n) is 12.3. The summed E-state index contributed by atoms with van der Waals surface area (Å²) in [5.41, 5.74) is 1.96. The molecule has 2 aromatic heterocycles. The molecule has 0 unspecified atom stereocenters. The number of methoxy groups -OCH3 is 3. The number of piperidine rings is 1. The van der Waals surface area contributed by atoms with Crippen LogP contribution in [0.4, 0.5) is 0 Å². The fourth-order valence-electron chi connectivity index (χ4n) is 6.99. The predicted molar refractivity (Wildman–Crippen MR) is 177 cm³/mol. The summed E-state index contributed by atoms with van der Waals surface area (Å²) >= 11 is 0. The summed E-state index contributed by atoms with van der Waals surface area (Å²) in [6.07, 6.45) is 1.34. The molecule has 11 nitrogen and oxygen atoms in total. The van der Waals surface area contributed by atoms with E-state index >= 15 is 0 Å². The number of aromatic hydroxyl groups is 1. The maximum absolute atomic E-state index is 13.2. The number of carbonyl (C=O) groups is 1. The molecule has 4 heterocycles. The number of likely N-dealkylation sites (tertiary alicyclic amines) is 1. The van der Waals surface area contributed by atoms with E-state index in [-0.39, 0.29) is 36.2 Å². The van der Waals surface area contributed by atoms with Crippen molar-refractivity contribution in [1.29, 1.82) is 0 Å². The summed E-state index contributed by atoms with van der Waals surface area (Å²) in [6.45, 7) is 2.66. The topological polar surface area (TPSA) is 130 Å². The van der Waals surface area contributed by atoms with E-state index in [9.17, 15) is 19.5 Å². The highest BCUT2D eigenvalue weighted by molar-refractivity contribution is 5.72. The van der Waals surface area contributed by atoms with Crippen molar-refractivity contribution in [3.8, 4) is 23.0 Å². The highest BCUT2D eigenvalue weighted by atomic mass is 16.5. The quantitative estimate of drug-likeness (QED) is 0.218. The van der Waals surface area contributed by atoms with Crippen molar-refractivity contribution >= 4 is 5.97 Å². The maximum Gasteiger partial charge on any atom is 0.306 e. The lowest BCUT2D eigenvalue weighted by atomic mass is 9.83. The summed E-state index contributed by atoms with van der Waals surface area (Å²) in [6, 6.07) is 19.6. The van der Waals surface area contributed by atoms with E-state index in [1.165, 1.54) is 20.3 Å². The van der Waals surface area contributed by atoms with E-state index < -0.39 is 23.1 Å². The number of pyridine rings is 1. The van der Waals surface area contributed by atoms with E-state index in [0.717, 1.165) is 30.0 Å². The average molecular weight is 657 g/mol. The first-order chi connectivity index (χ1) is 23.3. The van der Waals surface area contributed by atoms with Crippen molar-refractivity contribution in [2.45, 2.75) is 44.2 Å². The molecule has 2 bridgehead atoms. The summed E-state index contributed by atoms with van der Waals surface area (Å²) in [5, 5.41) is 11.1. The SMILES string of the molecule is COC(=O)C[C@@H](c1cccc(OC)c1OCCc1ccc(OC)cc1)c1oc(CN2C[C@@H]3C[C@H](C2)c2cccc(=O)n2C3)cc(=O)c1O. The van der Waals surface area contributed by atoms with Gasteiger partial charge < -0.3 is 33.0 Å². The lowest BCUT2D eigenvalue weighted by molar-refractivity contribution is -0.140. The van der Waals surface area contributed by atoms with Crippen LogP contribution in [0, 0.1) is 5.92 Å². The fraction of sp³-hybridized carbons (Fsp3) is 0.378. The molecule has 4 aromatic rings. The Kier molecular flexibility index (Phi) is 9.86. The summed E-state index contributed by atoms with van der Waals surface area (Å²) in [7, 11) is 4.42. The molecule has 48 heavy (non-hydrogen) atoms. The van der Waals surface area contributed by atoms with Crippen molar-refractivity contribution in [1.82, 2.24) is 9.47 Å². The van der Waals surface area contributed by atoms with Crippen molar-refractivity contribution < 1.29 is 33.3 Å². The Labute approximate surface area is 278 Å². The van der Waals surface area contributed by atoms with Gasteiger partial charge >= 0.3 is 5.97 Å². The number of fused-ring (bicyclic) bond motifs is 4. The van der Waals surface area contributed by atoms with Crippen LogP contribution in [-0.4, -0.2) is 61.6 Å². The lowest BCUT2D eigenvalue weighted by Crippen LogP contribution is -2.46. The van der Waals surface area contributed by atoms with Crippen molar-refractivity contribution in [3.05, 3.63) is 116 Å². The van der Waals surface area contributed by atoms with E-state index in [1.54, 1.807) is 37.4 Å². The van der Waals surface area contributed by atoms with E-state index in [0.29, 0.717) is 48.9 Å². The Hall–Kier alpha value is -5.03. The van der Waals surface area contributed by atoms with Gasteiger partial charge in [0.25, 0.3) is 5.56 Å². The number of para-hydroxylation sites is 1. The zero-order valence-corrected chi connectivity index (χ0v) is 27.3. The van der Waals surface area contributed by atoms with Gasteiger partial charge in [0.15, 0.2) is 17.3 Å². The largest absolute Gasteiger partial charge is 0.502 e.